The molecule has 3 N–H and O–H groups in total. The zero-order valence-corrected chi connectivity index (χ0v) is 10.6. The highest BCUT2D eigenvalue weighted by atomic mass is 16.3. The van der Waals surface area contributed by atoms with Crippen LogP contribution in [0, 0.1) is 6.92 Å². The first-order valence-electron chi connectivity index (χ1n) is 6.35. The van der Waals surface area contributed by atoms with Crippen molar-refractivity contribution in [3.8, 4) is 0 Å². The van der Waals surface area contributed by atoms with Gasteiger partial charge < -0.3 is 5.11 Å². The molecular weight excluding hydrogens is 234 g/mol. The smallest absolute Gasteiger partial charge is 0.140 e. The molecule has 95 valence electrons. The molecule has 0 saturated carbocycles. The van der Waals surface area contributed by atoms with Crippen molar-refractivity contribution >= 4 is 21.5 Å². The molecule has 3 rings (SSSR count). The van der Waals surface area contributed by atoms with Crippen LogP contribution in [0.3, 0.4) is 0 Å². The van der Waals surface area contributed by atoms with Crippen LogP contribution < -0.4 is 5.73 Å². The van der Waals surface area contributed by atoms with E-state index in [-0.39, 0.29) is 6.42 Å². The zero-order chi connectivity index (χ0) is 13.5. The Morgan fingerprint density at radius 3 is 1.89 bits per heavy atom. The molecule has 1 radical (unpaired) electrons. The lowest BCUT2D eigenvalue weighted by Gasteiger charge is -2.25. The van der Waals surface area contributed by atoms with Crippen LogP contribution in [0.1, 0.15) is 12.0 Å². The molecule has 0 spiro atoms. The minimum absolute atomic E-state index is 0.227. The van der Waals surface area contributed by atoms with E-state index in [1.807, 2.05) is 48.5 Å². The van der Waals surface area contributed by atoms with E-state index in [4.69, 9.17) is 5.73 Å². The lowest BCUT2D eigenvalue weighted by Crippen LogP contribution is -2.36. The number of hydrogen-bond donors (Lipinski definition) is 2. The van der Waals surface area contributed by atoms with E-state index in [1.165, 1.54) is 0 Å². The van der Waals surface area contributed by atoms with Crippen LogP contribution in [0.25, 0.3) is 21.5 Å². The van der Waals surface area contributed by atoms with E-state index in [0.29, 0.717) is 0 Å². The Hall–Kier alpha value is -1.90. The first-order chi connectivity index (χ1) is 9.13. The number of fused-ring (bicyclic) bond motifs is 2. The molecule has 0 heterocycles. The van der Waals surface area contributed by atoms with Gasteiger partial charge in [0.2, 0.25) is 0 Å². The molecule has 0 aliphatic carbocycles. The van der Waals surface area contributed by atoms with Crippen molar-refractivity contribution < 1.29 is 5.11 Å². The van der Waals surface area contributed by atoms with Crippen LogP contribution >= 0.6 is 0 Å². The molecule has 1 unspecified atom stereocenters. The first-order valence-corrected chi connectivity index (χ1v) is 6.35. The summed E-state index contributed by atoms with van der Waals surface area (Å²) in [5.74, 6) is 0. The van der Waals surface area contributed by atoms with Gasteiger partial charge in [-0.3, -0.25) is 5.73 Å². The van der Waals surface area contributed by atoms with Crippen molar-refractivity contribution in [1.82, 2.24) is 0 Å². The summed E-state index contributed by atoms with van der Waals surface area (Å²) in [5, 5.41) is 14.6. The second kappa shape index (κ2) is 4.34. The van der Waals surface area contributed by atoms with Gasteiger partial charge in [-0.1, -0.05) is 48.5 Å². The monoisotopic (exact) mass is 250 g/mol. The topological polar surface area (TPSA) is 46.2 Å². The number of benzene rings is 3. The highest BCUT2D eigenvalue weighted by Gasteiger charge is 2.26. The van der Waals surface area contributed by atoms with E-state index in [2.05, 4.69) is 13.0 Å². The lowest BCUT2D eigenvalue weighted by molar-refractivity contribution is 0.0491. The molecular formula is C17H16NO. The molecule has 0 bridgehead atoms. The third-order valence-corrected chi connectivity index (χ3v) is 3.59. The lowest BCUT2D eigenvalue weighted by atomic mass is 9.89. The molecule has 0 aliphatic rings. The van der Waals surface area contributed by atoms with Gasteiger partial charge in [-0.2, -0.15) is 0 Å². The van der Waals surface area contributed by atoms with E-state index >= 15 is 0 Å². The molecule has 0 aliphatic heterocycles. The molecule has 1 atom stereocenters. The Balaban J connectivity index is 2.54. The average Bonchev–Trinajstić information content (AvgIpc) is 2.44. The number of aliphatic hydroxyl groups is 1. The van der Waals surface area contributed by atoms with E-state index in [9.17, 15) is 5.11 Å². The molecule has 0 fully saturated rings. The van der Waals surface area contributed by atoms with Crippen LogP contribution in [0.4, 0.5) is 0 Å². The number of hydrogen-bond acceptors (Lipinski definition) is 2. The highest BCUT2D eigenvalue weighted by molar-refractivity contribution is 6.02. The normalized spacial score (nSPS) is 14.7. The van der Waals surface area contributed by atoms with Gasteiger partial charge in [0.15, 0.2) is 0 Å². The Labute approximate surface area is 112 Å². The summed E-state index contributed by atoms with van der Waals surface area (Å²) in [6.07, 6.45) is 0.227. The van der Waals surface area contributed by atoms with Crippen molar-refractivity contribution in [3.05, 3.63) is 67.1 Å². The Morgan fingerprint density at radius 2 is 1.42 bits per heavy atom. The van der Waals surface area contributed by atoms with Gasteiger partial charge in [0, 0.05) is 5.56 Å². The third kappa shape index (κ3) is 1.89. The number of rotatable bonds is 2. The molecule has 3 aromatic carbocycles. The van der Waals surface area contributed by atoms with Crippen LogP contribution in [-0.4, -0.2) is 5.11 Å². The fourth-order valence-corrected chi connectivity index (χ4v) is 2.61. The number of nitrogens with two attached hydrogens (primary N) is 1. The van der Waals surface area contributed by atoms with Crippen LogP contribution in [0.2, 0.25) is 0 Å². The van der Waals surface area contributed by atoms with Crippen LogP contribution in [-0.2, 0) is 5.72 Å². The van der Waals surface area contributed by atoms with E-state index in [1.54, 1.807) is 0 Å². The Kier molecular flexibility index (Phi) is 2.77. The minimum Gasteiger partial charge on any atom is -0.372 e. The molecule has 0 amide bonds. The van der Waals surface area contributed by atoms with E-state index < -0.39 is 5.72 Å². The summed E-state index contributed by atoms with van der Waals surface area (Å²) < 4.78 is 0. The highest BCUT2D eigenvalue weighted by Crippen LogP contribution is 2.34. The summed E-state index contributed by atoms with van der Waals surface area (Å²) >= 11 is 0. The summed E-state index contributed by atoms with van der Waals surface area (Å²) in [6.45, 7) is 3.77. The fourth-order valence-electron chi connectivity index (χ4n) is 2.61. The average molecular weight is 250 g/mol. The zero-order valence-electron chi connectivity index (χ0n) is 10.6. The minimum atomic E-state index is -1.42. The third-order valence-electron chi connectivity index (χ3n) is 3.59. The van der Waals surface area contributed by atoms with Crippen molar-refractivity contribution in [2.24, 2.45) is 5.73 Å². The molecule has 0 aromatic heterocycles. The Morgan fingerprint density at radius 1 is 0.947 bits per heavy atom. The molecule has 3 aromatic rings. The quantitative estimate of drug-likeness (QED) is 0.541. The fraction of sp³-hybridized carbons (Fsp3) is 0.118. The van der Waals surface area contributed by atoms with Crippen molar-refractivity contribution in [3.63, 3.8) is 0 Å². The summed E-state index contributed by atoms with van der Waals surface area (Å²) in [6, 6.07) is 18.1. The summed E-state index contributed by atoms with van der Waals surface area (Å²) in [7, 11) is 0. The van der Waals surface area contributed by atoms with Gasteiger partial charge in [0.1, 0.15) is 5.72 Å². The predicted octanol–water partition coefficient (Wildman–Crippen LogP) is 3.32. The maximum Gasteiger partial charge on any atom is 0.140 e. The van der Waals surface area contributed by atoms with Crippen molar-refractivity contribution in [1.29, 1.82) is 0 Å². The maximum absolute atomic E-state index is 10.5. The van der Waals surface area contributed by atoms with Gasteiger partial charge in [-0.25, -0.2) is 0 Å². The molecule has 2 nitrogen and oxygen atoms in total. The van der Waals surface area contributed by atoms with Gasteiger partial charge >= 0.3 is 0 Å². The SMILES string of the molecule is [CH2]CC(N)(O)c1c2ccccc2cc2ccccc12. The van der Waals surface area contributed by atoms with Gasteiger partial charge in [0.25, 0.3) is 0 Å². The molecule has 0 saturated heterocycles. The molecule has 2 heteroatoms. The van der Waals surface area contributed by atoms with Gasteiger partial charge in [-0.05, 0) is 41.0 Å². The summed E-state index contributed by atoms with van der Waals surface area (Å²) in [5.41, 5.74) is 5.41. The first kappa shape index (κ1) is 12.2. The maximum atomic E-state index is 10.5. The van der Waals surface area contributed by atoms with E-state index in [0.717, 1.165) is 27.1 Å². The Bertz CT molecular complexity index is 692. The molecule has 19 heavy (non-hydrogen) atoms. The van der Waals surface area contributed by atoms with Crippen LogP contribution in [0.15, 0.2) is 54.6 Å². The second-order valence-corrected chi connectivity index (χ2v) is 4.87. The van der Waals surface area contributed by atoms with Gasteiger partial charge in [0.05, 0.1) is 0 Å². The largest absolute Gasteiger partial charge is 0.372 e. The predicted molar refractivity (Wildman–Crippen MR) is 79.5 cm³/mol. The standard InChI is InChI=1S/C17H16NO/c1-2-17(18,19)16-14-9-5-3-7-12(14)11-13-8-4-6-10-15(13)16/h3-11,19H,1-2,18H2. The summed E-state index contributed by atoms with van der Waals surface area (Å²) in [4.78, 5) is 0. The van der Waals surface area contributed by atoms with Gasteiger partial charge in [-0.15, -0.1) is 0 Å². The second-order valence-electron chi connectivity index (χ2n) is 4.87. The van der Waals surface area contributed by atoms with Crippen molar-refractivity contribution in [2.45, 2.75) is 12.1 Å². The van der Waals surface area contributed by atoms with Crippen molar-refractivity contribution in [2.75, 3.05) is 0 Å². The van der Waals surface area contributed by atoms with Crippen LogP contribution in [0.5, 0.6) is 0 Å².